The van der Waals surface area contributed by atoms with E-state index in [2.05, 4.69) is 44.9 Å². The van der Waals surface area contributed by atoms with E-state index in [0.29, 0.717) is 0 Å². The highest BCUT2D eigenvalue weighted by atomic mass is 35.5. The Morgan fingerprint density at radius 2 is 2.00 bits per heavy atom. The summed E-state index contributed by atoms with van der Waals surface area (Å²) in [5.41, 5.74) is 3.37. The molecule has 0 unspecified atom stereocenters. The fourth-order valence-electron chi connectivity index (χ4n) is 2.58. The zero-order valence-electron chi connectivity index (χ0n) is 13.5. The number of hydrogen-bond acceptors (Lipinski definition) is 6. The third-order valence-corrected chi connectivity index (χ3v) is 5.93. The molecule has 2 heterocycles. The van der Waals surface area contributed by atoms with Crippen molar-refractivity contribution >= 4 is 60.9 Å². The largest absolute Gasteiger partial charge is 0.361 e. The average molecular weight is 389 g/mol. The summed E-state index contributed by atoms with van der Waals surface area (Å²) < 4.78 is 1.11. The van der Waals surface area contributed by atoms with Gasteiger partial charge in [0.2, 0.25) is 0 Å². The third kappa shape index (κ3) is 4.26. The first kappa shape index (κ1) is 16.7. The molecule has 0 fully saturated rings. The second kappa shape index (κ2) is 7.64. The van der Waals surface area contributed by atoms with Crippen molar-refractivity contribution in [3.8, 4) is 0 Å². The van der Waals surface area contributed by atoms with E-state index in [1.165, 1.54) is 5.56 Å². The van der Waals surface area contributed by atoms with Gasteiger partial charge in [-0.3, -0.25) is 4.99 Å². The maximum atomic E-state index is 6.02. The first-order valence-electron chi connectivity index (χ1n) is 8.09. The molecule has 0 saturated carbocycles. The first-order chi connectivity index (χ1) is 12.3. The van der Waals surface area contributed by atoms with Gasteiger partial charge in [-0.25, -0.2) is 4.98 Å². The molecule has 0 radical (unpaired) electrons. The van der Waals surface area contributed by atoms with Crippen LogP contribution in [-0.2, 0) is 6.42 Å². The highest BCUT2D eigenvalue weighted by Gasteiger charge is 2.07. The van der Waals surface area contributed by atoms with E-state index in [4.69, 9.17) is 11.6 Å². The van der Waals surface area contributed by atoms with Gasteiger partial charge in [-0.2, -0.15) is 0 Å². The van der Waals surface area contributed by atoms with Crippen molar-refractivity contribution in [2.45, 2.75) is 6.42 Å². The van der Waals surface area contributed by atoms with Crippen LogP contribution in [0, 0.1) is 0 Å². The van der Waals surface area contributed by atoms with Crippen molar-refractivity contribution in [1.82, 2.24) is 4.98 Å². The van der Waals surface area contributed by atoms with E-state index in [1.54, 1.807) is 23.1 Å². The van der Waals surface area contributed by atoms with Crippen LogP contribution in [0.3, 0.4) is 0 Å². The Bertz CT molecular complexity index is 905. The van der Waals surface area contributed by atoms with Crippen molar-refractivity contribution in [3.05, 3.63) is 53.1 Å². The monoisotopic (exact) mass is 388 g/mol. The number of halogens is 1. The maximum Gasteiger partial charge on any atom is 0.183 e. The number of thioether (sulfide) groups is 1. The summed E-state index contributed by atoms with van der Waals surface area (Å²) in [5, 5.41) is 9.45. The molecule has 0 spiro atoms. The Labute approximate surface area is 159 Å². The summed E-state index contributed by atoms with van der Waals surface area (Å²) in [7, 11) is 0. The third-order valence-electron chi connectivity index (χ3n) is 3.83. The molecule has 4 rings (SSSR count). The lowest BCUT2D eigenvalue weighted by Gasteiger charge is -2.07. The van der Waals surface area contributed by atoms with Gasteiger partial charge >= 0.3 is 0 Å². The number of amidine groups is 1. The van der Waals surface area contributed by atoms with Crippen molar-refractivity contribution in [1.29, 1.82) is 0 Å². The lowest BCUT2D eigenvalue weighted by Crippen LogP contribution is -2.06. The molecule has 1 aliphatic rings. The lowest BCUT2D eigenvalue weighted by atomic mass is 10.1. The van der Waals surface area contributed by atoms with Gasteiger partial charge in [0.1, 0.15) is 0 Å². The standard InChI is InChI=1S/C18H17ClN4S2/c19-13-3-6-15-16(11-13)25-18(23-15)20-8-7-12-1-4-14(5-2-12)22-17-21-9-10-24-17/h1-6,11H,7-10H2,(H,20,23)(H,21,22). The molecule has 0 bridgehead atoms. The molecule has 0 aliphatic carbocycles. The second-order valence-corrected chi connectivity index (χ2v) is 8.22. The van der Waals surface area contributed by atoms with E-state index in [9.17, 15) is 0 Å². The van der Waals surface area contributed by atoms with Crippen molar-refractivity contribution < 1.29 is 0 Å². The number of hydrogen-bond donors (Lipinski definition) is 2. The average Bonchev–Trinajstić information content (AvgIpc) is 3.25. The zero-order valence-corrected chi connectivity index (χ0v) is 15.8. The van der Waals surface area contributed by atoms with Crippen LogP contribution < -0.4 is 10.6 Å². The van der Waals surface area contributed by atoms with Crippen LogP contribution in [0.1, 0.15) is 5.56 Å². The number of aromatic nitrogens is 1. The fourth-order valence-corrected chi connectivity index (χ4v) is 4.49. The Morgan fingerprint density at radius 3 is 2.80 bits per heavy atom. The fraction of sp³-hybridized carbons (Fsp3) is 0.222. The number of rotatable bonds is 5. The Morgan fingerprint density at radius 1 is 1.12 bits per heavy atom. The normalized spacial score (nSPS) is 13.9. The molecule has 2 aromatic carbocycles. The van der Waals surface area contributed by atoms with Gasteiger partial charge in [-0.1, -0.05) is 46.8 Å². The number of benzene rings is 2. The highest BCUT2D eigenvalue weighted by molar-refractivity contribution is 8.14. The van der Waals surface area contributed by atoms with Crippen LogP contribution >= 0.6 is 34.7 Å². The summed E-state index contributed by atoms with van der Waals surface area (Å²) in [6.45, 7) is 1.76. The summed E-state index contributed by atoms with van der Waals surface area (Å²) in [4.78, 5) is 8.98. The second-order valence-electron chi connectivity index (χ2n) is 5.67. The van der Waals surface area contributed by atoms with Crippen LogP contribution in [0.5, 0.6) is 0 Å². The smallest absolute Gasteiger partial charge is 0.183 e. The Balaban J connectivity index is 1.31. The minimum absolute atomic E-state index is 0.748. The van der Waals surface area contributed by atoms with E-state index >= 15 is 0 Å². The predicted molar refractivity (Wildman–Crippen MR) is 112 cm³/mol. The maximum absolute atomic E-state index is 6.02. The molecule has 2 N–H and O–H groups in total. The minimum atomic E-state index is 0.748. The molecular weight excluding hydrogens is 372 g/mol. The van der Waals surface area contributed by atoms with Crippen LogP contribution in [0.25, 0.3) is 10.2 Å². The Kier molecular flexibility index (Phi) is 5.10. The van der Waals surface area contributed by atoms with Gasteiger partial charge in [0.15, 0.2) is 10.3 Å². The first-order valence-corrected chi connectivity index (χ1v) is 10.3. The topological polar surface area (TPSA) is 49.3 Å². The highest BCUT2D eigenvalue weighted by Crippen LogP contribution is 2.28. The molecular formula is C18H17ClN4S2. The minimum Gasteiger partial charge on any atom is -0.361 e. The molecule has 7 heteroatoms. The summed E-state index contributed by atoms with van der Waals surface area (Å²) in [6.07, 6.45) is 0.951. The van der Waals surface area contributed by atoms with E-state index in [0.717, 1.165) is 56.5 Å². The van der Waals surface area contributed by atoms with Gasteiger partial charge in [0.25, 0.3) is 0 Å². The Hall–Kier alpha value is -1.76. The van der Waals surface area contributed by atoms with E-state index < -0.39 is 0 Å². The quantitative estimate of drug-likeness (QED) is 0.637. The van der Waals surface area contributed by atoms with Crippen LogP contribution in [0.15, 0.2) is 47.5 Å². The SMILES string of the molecule is Clc1ccc2nc(NCCc3ccc(NC4=NCCS4)cc3)sc2c1. The van der Waals surface area contributed by atoms with E-state index in [-0.39, 0.29) is 0 Å². The van der Waals surface area contributed by atoms with Crippen LogP contribution in [-0.4, -0.2) is 29.0 Å². The van der Waals surface area contributed by atoms with E-state index in [1.807, 2.05) is 18.2 Å². The van der Waals surface area contributed by atoms with Crippen LogP contribution in [0.2, 0.25) is 5.02 Å². The number of nitrogens with one attached hydrogen (secondary N) is 2. The molecule has 1 aromatic heterocycles. The molecule has 0 amide bonds. The zero-order chi connectivity index (χ0) is 17.1. The molecule has 128 valence electrons. The summed E-state index contributed by atoms with van der Waals surface area (Å²) in [6, 6.07) is 14.3. The summed E-state index contributed by atoms with van der Waals surface area (Å²) >= 11 is 9.43. The molecule has 0 atom stereocenters. The van der Waals surface area contributed by atoms with Crippen LogP contribution in [0.4, 0.5) is 10.8 Å². The number of anilines is 2. The molecule has 1 aliphatic heterocycles. The number of nitrogens with zero attached hydrogens (tertiary/aromatic N) is 2. The van der Waals surface area contributed by atoms with Gasteiger partial charge in [-0.15, -0.1) is 0 Å². The molecule has 3 aromatic rings. The van der Waals surface area contributed by atoms with Gasteiger partial charge in [0.05, 0.1) is 16.8 Å². The van der Waals surface area contributed by atoms with Crippen molar-refractivity contribution in [3.63, 3.8) is 0 Å². The molecule has 25 heavy (non-hydrogen) atoms. The predicted octanol–water partition coefficient (Wildman–Crippen LogP) is 5.12. The lowest BCUT2D eigenvalue weighted by molar-refractivity contribution is 1.02. The number of fused-ring (bicyclic) bond motifs is 1. The molecule has 0 saturated heterocycles. The number of aliphatic imine (C=N–C) groups is 1. The van der Waals surface area contributed by atoms with Gasteiger partial charge < -0.3 is 10.6 Å². The number of thiazole rings is 1. The van der Waals surface area contributed by atoms with Crippen molar-refractivity contribution in [2.24, 2.45) is 4.99 Å². The van der Waals surface area contributed by atoms with Gasteiger partial charge in [0, 0.05) is 23.0 Å². The summed E-state index contributed by atoms with van der Waals surface area (Å²) in [5.74, 6) is 1.07. The molecule has 4 nitrogen and oxygen atoms in total. The van der Waals surface area contributed by atoms with Gasteiger partial charge in [-0.05, 0) is 42.3 Å². The van der Waals surface area contributed by atoms with Crippen molar-refractivity contribution in [2.75, 3.05) is 29.5 Å².